The molecule has 0 radical (unpaired) electrons. The van der Waals surface area contributed by atoms with Crippen molar-refractivity contribution in [2.75, 3.05) is 25.5 Å². The molecule has 0 bridgehead atoms. The first-order valence-electron chi connectivity index (χ1n) is 10.6. The molecule has 0 spiro atoms. The van der Waals surface area contributed by atoms with E-state index in [-0.39, 0.29) is 23.0 Å². The standard InChI is InChI=1S/C25H26BrClN2O4S/c1-17-13-20(26)14-18(2)25(17)28-24(30)16-29(12-11-19-7-5-4-6-8-19)34(31,32)21-9-10-23(33-3)22(27)15-21/h4-10,13-15H,11-12,16H2,1-3H3,(H,28,30). The van der Waals surface area contributed by atoms with E-state index in [4.69, 9.17) is 16.3 Å². The van der Waals surface area contributed by atoms with E-state index >= 15 is 0 Å². The highest BCUT2D eigenvalue weighted by atomic mass is 79.9. The SMILES string of the molecule is COc1ccc(S(=O)(=O)N(CCc2ccccc2)CC(=O)Nc2c(C)cc(Br)cc2C)cc1Cl. The lowest BCUT2D eigenvalue weighted by Gasteiger charge is -2.23. The van der Waals surface area contributed by atoms with Crippen LogP contribution in [0.15, 0.2) is 70.0 Å². The number of benzene rings is 3. The quantitative estimate of drug-likeness (QED) is 0.366. The smallest absolute Gasteiger partial charge is 0.243 e. The number of nitrogens with zero attached hydrogens (tertiary/aromatic N) is 1. The monoisotopic (exact) mass is 564 g/mol. The summed E-state index contributed by atoms with van der Waals surface area (Å²) in [4.78, 5) is 13.0. The second kappa shape index (κ2) is 11.4. The average molecular weight is 566 g/mol. The summed E-state index contributed by atoms with van der Waals surface area (Å²) in [5.74, 6) is -0.0554. The molecule has 3 rings (SSSR count). The fraction of sp³-hybridized carbons (Fsp3) is 0.240. The van der Waals surface area contributed by atoms with Crippen LogP contribution in [0.25, 0.3) is 0 Å². The fourth-order valence-electron chi connectivity index (χ4n) is 3.59. The van der Waals surface area contributed by atoms with Gasteiger partial charge in [0.1, 0.15) is 5.75 Å². The molecule has 0 aliphatic heterocycles. The molecule has 0 saturated carbocycles. The number of halogens is 2. The first kappa shape index (κ1) is 26.2. The van der Waals surface area contributed by atoms with Gasteiger partial charge in [-0.25, -0.2) is 8.42 Å². The molecule has 1 amide bonds. The number of hydrogen-bond acceptors (Lipinski definition) is 4. The number of ether oxygens (including phenoxy) is 1. The Balaban J connectivity index is 1.88. The average Bonchev–Trinajstić information content (AvgIpc) is 2.79. The van der Waals surface area contributed by atoms with Crippen LogP contribution in [0, 0.1) is 13.8 Å². The van der Waals surface area contributed by atoms with Crippen molar-refractivity contribution in [3.05, 3.63) is 86.8 Å². The van der Waals surface area contributed by atoms with E-state index in [2.05, 4.69) is 21.2 Å². The Kier molecular flexibility index (Phi) is 8.76. The number of aryl methyl sites for hydroxylation is 2. The van der Waals surface area contributed by atoms with Crippen LogP contribution >= 0.6 is 27.5 Å². The molecule has 6 nitrogen and oxygen atoms in total. The summed E-state index contributed by atoms with van der Waals surface area (Å²) in [6, 6.07) is 17.6. The molecular weight excluding hydrogens is 540 g/mol. The maximum Gasteiger partial charge on any atom is 0.243 e. The van der Waals surface area contributed by atoms with Crippen LogP contribution in [0.1, 0.15) is 16.7 Å². The van der Waals surface area contributed by atoms with Crippen LogP contribution in [-0.2, 0) is 21.2 Å². The lowest BCUT2D eigenvalue weighted by atomic mass is 10.1. The minimum Gasteiger partial charge on any atom is -0.495 e. The van der Waals surface area contributed by atoms with Gasteiger partial charge >= 0.3 is 0 Å². The summed E-state index contributed by atoms with van der Waals surface area (Å²) in [6.45, 7) is 3.56. The van der Waals surface area contributed by atoms with Crippen LogP contribution in [-0.4, -0.2) is 38.8 Å². The Morgan fingerprint density at radius 2 is 1.71 bits per heavy atom. The number of sulfonamides is 1. The Morgan fingerprint density at radius 1 is 1.06 bits per heavy atom. The van der Waals surface area contributed by atoms with Gasteiger partial charge in [0.15, 0.2) is 0 Å². The zero-order valence-corrected chi connectivity index (χ0v) is 22.3. The van der Waals surface area contributed by atoms with Gasteiger partial charge in [-0.2, -0.15) is 4.31 Å². The van der Waals surface area contributed by atoms with E-state index in [1.165, 1.54) is 29.6 Å². The summed E-state index contributed by atoms with van der Waals surface area (Å²) in [5.41, 5.74) is 3.39. The van der Waals surface area contributed by atoms with Gasteiger partial charge in [-0.15, -0.1) is 0 Å². The highest BCUT2D eigenvalue weighted by Crippen LogP contribution is 2.29. The third kappa shape index (κ3) is 6.39. The maximum absolute atomic E-state index is 13.5. The molecule has 0 aliphatic rings. The normalized spacial score (nSPS) is 11.5. The summed E-state index contributed by atoms with van der Waals surface area (Å²) >= 11 is 9.63. The number of anilines is 1. The van der Waals surface area contributed by atoms with Crippen LogP contribution in [0.4, 0.5) is 5.69 Å². The Morgan fingerprint density at radius 3 is 2.29 bits per heavy atom. The van der Waals surface area contributed by atoms with Crippen LogP contribution in [0.3, 0.4) is 0 Å². The maximum atomic E-state index is 13.5. The third-order valence-corrected chi connectivity index (χ3v) is 7.93. The number of amides is 1. The lowest BCUT2D eigenvalue weighted by molar-refractivity contribution is -0.116. The molecule has 0 atom stereocenters. The molecule has 0 saturated heterocycles. The number of carbonyl (C=O) groups excluding carboxylic acids is 1. The Bertz CT molecular complexity index is 1260. The molecular formula is C25H26BrClN2O4S. The molecule has 9 heteroatoms. The van der Waals surface area contributed by atoms with E-state index in [0.29, 0.717) is 17.9 Å². The van der Waals surface area contributed by atoms with Crippen LogP contribution < -0.4 is 10.1 Å². The molecule has 3 aromatic rings. The highest BCUT2D eigenvalue weighted by Gasteiger charge is 2.27. The summed E-state index contributed by atoms with van der Waals surface area (Å²) in [7, 11) is -2.55. The van der Waals surface area contributed by atoms with E-state index in [0.717, 1.165) is 21.2 Å². The number of nitrogens with one attached hydrogen (secondary N) is 1. The van der Waals surface area contributed by atoms with Gasteiger partial charge in [0.2, 0.25) is 15.9 Å². The highest BCUT2D eigenvalue weighted by molar-refractivity contribution is 9.10. The van der Waals surface area contributed by atoms with E-state index in [1.807, 2.05) is 56.3 Å². The zero-order chi connectivity index (χ0) is 24.9. The zero-order valence-electron chi connectivity index (χ0n) is 19.1. The molecule has 0 fully saturated rings. The van der Waals surface area contributed by atoms with Crippen molar-refractivity contribution in [3.8, 4) is 5.75 Å². The predicted molar refractivity (Wildman–Crippen MR) is 139 cm³/mol. The Hall–Kier alpha value is -2.39. The van der Waals surface area contributed by atoms with Crippen LogP contribution in [0.2, 0.25) is 5.02 Å². The first-order valence-corrected chi connectivity index (χ1v) is 13.2. The summed E-state index contributed by atoms with van der Waals surface area (Å²) in [6.07, 6.45) is 0.452. The Labute approximate surface area is 214 Å². The first-order chi connectivity index (χ1) is 16.1. The number of methoxy groups -OCH3 is 1. The molecule has 0 unspecified atom stereocenters. The van der Waals surface area contributed by atoms with Gasteiger partial charge in [0.25, 0.3) is 0 Å². The van der Waals surface area contributed by atoms with Gasteiger partial charge in [0.05, 0.1) is 23.6 Å². The van der Waals surface area contributed by atoms with Crippen molar-refractivity contribution < 1.29 is 17.9 Å². The van der Waals surface area contributed by atoms with Gasteiger partial charge in [-0.3, -0.25) is 4.79 Å². The third-order valence-electron chi connectivity index (χ3n) is 5.34. The predicted octanol–water partition coefficient (Wildman–Crippen LogP) is 5.60. The molecule has 180 valence electrons. The summed E-state index contributed by atoms with van der Waals surface area (Å²) < 4.78 is 34.2. The van der Waals surface area contributed by atoms with Crippen LogP contribution in [0.5, 0.6) is 5.75 Å². The molecule has 3 aromatic carbocycles. The van der Waals surface area contributed by atoms with Crippen molar-refractivity contribution in [1.82, 2.24) is 4.31 Å². The number of rotatable bonds is 9. The number of carbonyl (C=O) groups is 1. The fourth-order valence-corrected chi connectivity index (χ4v) is 6.02. The van der Waals surface area contributed by atoms with Crippen molar-refractivity contribution >= 4 is 49.1 Å². The minimum atomic E-state index is -4.01. The van der Waals surface area contributed by atoms with Gasteiger partial charge < -0.3 is 10.1 Å². The van der Waals surface area contributed by atoms with Crippen molar-refractivity contribution in [1.29, 1.82) is 0 Å². The van der Waals surface area contributed by atoms with Gasteiger partial charge in [-0.05, 0) is 67.3 Å². The van der Waals surface area contributed by atoms with Crippen molar-refractivity contribution in [2.45, 2.75) is 25.2 Å². The second-order valence-electron chi connectivity index (χ2n) is 7.83. The minimum absolute atomic E-state index is 0.00448. The largest absolute Gasteiger partial charge is 0.495 e. The topological polar surface area (TPSA) is 75.7 Å². The van der Waals surface area contributed by atoms with E-state index in [9.17, 15) is 13.2 Å². The lowest BCUT2D eigenvalue weighted by Crippen LogP contribution is -2.39. The number of hydrogen-bond donors (Lipinski definition) is 1. The van der Waals surface area contributed by atoms with Crippen molar-refractivity contribution in [2.24, 2.45) is 0 Å². The van der Waals surface area contributed by atoms with Gasteiger partial charge in [0, 0.05) is 16.7 Å². The molecule has 0 heterocycles. The summed E-state index contributed by atoms with van der Waals surface area (Å²) in [5, 5.41) is 3.05. The molecule has 34 heavy (non-hydrogen) atoms. The second-order valence-corrected chi connectivity index (χ2v) is 11.1. The molecule has 1 N–H and O–H groups in total. The van der Waals surface area contributed by atoms with Gasteiger partial charge in [-0.1, -0.05) is 57.9 Å². The van der Waals surface area contributed by atoms with Crippen molar-refractivity contribution in [3.63, 3.8) is 0 Å². The van der Waals surface area contributed by atoms with E-state index < -0.39 is 15.9 Å². The van der Waals surface area contributed by atoms with E-state index in [1.54, 1.807) is 0 Å². The molecule has 0 aromatic heterocycles. The molecule has 0 aliphatic carbocycles.